The van der Waals surface area contributed by atoms with Crippen LogP contribution in [0.3, 0.4) is 0 Å². The predicted molar refractivity (Wildman–Crippen MR) is 64.2 cm³/mol. The molecule has 2 heterocycles. The fourth-order valence-corrected chi connectivity index (χ4v) is 2.02. The van der Waals surface area contributed by atoms with Crippen LogP contribution in [0.15, 0.2) is 6.20 Å². The molecule has 4 nitrogen and oxygen atoms in total. The van der Waals surface area contributed by atoms with E-state index in [1.54, 1.807) is 6.20 Å². The Kier molecular flexibility index (Phi) is 3.61. The number of nitrogens with zero attached hydrogens (tertiary/aromatic N) is 3. The Morgan fingerprint density at radius 3 is 3.12 bits per heavy atom. The van der Waals surface area contributed by atoms with Crippen molar-refractivity contribution in [1.29, 1.82) is 0 Å². The molecule has 0 N–H and O–H groups in total. The SMILES string of the molecule is Cc1cnc(C)c(N2CCOC(CCl)C2)n1. The highest BCUT2D eigenvalue weighted by Gasteiger charge is 2.22. The first-order chi connectivity index (χ1) is 7.70. The number of ether oxygens (including phenoxy) is 1. The molecule has 0 amide bonds. The Bertz CT molecular complexity index is 372. The number of hydrogen-bond donors (Lipinski definition) is 0. The molecule has 1 unspecified atom stereocenters. The van der Waals surface area contributed by atoms with Crippen molar-refractivity contribution in [1.82, 2.24) is 9.97 Å². The second kappa shape index (κ2) is 4.97. The topological polar surface area (TPSA) is 38.2 Å². The first-order valence-electron chi connectivity index (χ1n) is 5.43. The van der Waals surface area contributed by atoms with Crippen LogP contribution in [0.25, 0.3) is 0 Å². The Balaban J connectivity index is 2.19. The standard InChI is InChI=1S/C11H16ClN3O/c1-8-6-13-9(2)11(14-8)15-3-4-16-10(5-12)7-15/h6,10H,3-5,7H2,1-2H3. The second-order valence-electron chi connectivity index (χ2n) is 4.01. The summed E-state index contributed by atoms with van der Waals surface area (Å²) in [5, 5.41) is 0. The van der Waals surface area contributed by atoms with E-state index in [0.717, 1.165) is 30.3 Å². The van der Waals surface area contributed by atoms with E-state index in [4.69, 9.17) is 16.3 Å². The highest BCUT2D eigenvalue weighted by atomic mass is 35.5. The molecule has 0 aliphatic carbocycles. The van der Waals surface area contributed by atoms with Crippen LogP contribution < -0.4 is 4.90 Å². The van der Waals surface area contributed by atoms with Crippen LogP contribution in [-0.4, -0.2) is 41.6 Å². The van der Waals surface area contributed by atoms with Crippen molar-refractivity contribution >= 4 is 17.4 Å². The van der Waals surface area contributed by atoms with E-state index >= 15 is 0 Å². The lowest BCUT2D eigenvalue weighted by molar-refractivity contribution is 0.0551. The summed E-state index contributed by atoms with van der Waals surface area (Å²) in [4.78, 5) is 11.1. The molecule has 16 heavy (non-hydrogen) atoms. The third-order valence-electron chi connectivity index (χ3n) is 2.66. The summed E-state index contributed by atoms with van der Waals surface area (Å²) in [6, 6.07) is 0. The molecule has 2 rings (SSSR count). The molecule has 0 saturated carbocycles. The maximum absolute atomic E-state index is 5.82. The summed E-state index contributed by atoms with van der Waals surface area (Å²) < 4.78 is 5.53. The Morgan fingerprint density at radius 2 is 2.38 bits per heavy atom. The molecule has 5 heteroatoms. The van der Waals surface area contributed by atoms with E-state index < -0.39 is 0 Å². The van der Waals surface area contributed by atoms with Crippen molar-refractivity contribution in [3.63, 3.8) is 0 Å². The van der Waals surface area contributed by atoms with Crippen LogP contribution in [0, 0.1) is 13.8 Å². The van der Waals surface area contributed by atoms with E-state index in [1.165, 1.54) is 0 Å². The van der Waals surface area contributed by atoms with Crippen molar-refractivity contribution in [2.75, 3.05) is 30.5 Å². The molecule has 0 bridgehead atoms. The predicted octanol–water partition coefficient (Wildman–Crippen LogP) is 1.54. The lowest BCUT2D eigenvalue weighted by Gasteiger charge is -2.33. The fraction of sp³-hybridized carbons (Fsp3) is 0.636. The summed E-state index contributed by atoms with van der Waals surface area (Å²) in [5.41, 5.74) is 1.90. The molecule has 1 aliphatic rings. The van der Waals surface area contributed by atoms with Gasteiger partial charge in [0.1, 0.15) is 0 Å². The van der Waals surface area contributed by atoms with E-state index in [1.807, 2.05) is 13.8 Å². The number of morpholine rings is 1. The first kappa shape index (κ1) is 11.6. The van der Waals surface area contributed by atoms with Crippen molar-refractivity contribution in [2.24, 2.45) is 0 Å². The number of anilines is 1. The number of halogens is 1. The summed E-state index contributed by atoms with van der Waals surface area (Å²) in [5.74, 6) is 1.48. The van der Waals surface area contributed by atoms with Gasteiger partial charge in [-0.3, -0.25) is 4.98 Å². The third-order valence-corrected chi connectivity index (χ3v) is 3.01. The summed E-state index contributed by atoms with van der Waals surface area (Å²) in [6.45, 7) is 6.28. The molecule has 1 fully saturated rings. The van der Waals surface area contributed by atoms with Gasteiger partial charge in [-0.25, -0.2) is 4.98 Å². The smallest absolute Gasteiger partial charge is 0.150 e. The van der Waals surface area contributed by atoms with Gasteiger partial charge in [0.15, 0.2) is 5.82 Å². The van der Waals surface area contributed by atoms with Crippen molar-refractivity contribution < 1.29 is 4.74 Å². The minimum atomic E-state index is 0.0946. The number of hydrogen-bond acceptors (Lipinski definition) is 4. The molecule has 1 aromatic heterocycles. The summed E-state index contributed by atoms with van der Waals surface area (Å²) in [6.07, 6.45) is 1.88. The van der Waals surface area contributed by atoms with Gasteiger partial charge >= 0.3 is 0 Å². The molecule has 0 spiro atoms. The minimum Gasteiger partial charge on any atom is -0.373 e. The fourth-order valence-electron chi connectivity index (χ4n) is 1.83. The van der Waals surface area contributed by atoms with Gasteiger partial charge in [-0.1, -0.05) is 0 Å². The highest BCUT2D eigenvalue weighted by molar-refractivity contribution is 6.18. The largest absolute Gasteiger partial charge is 0.373 e. The zero-order valence-electron chi connectivity index (χ0n) is 9.61. The maximum atomic E-state index is 5.82. The average molecular weight is 242 g/mol. The van der Waals surface area contributed by atoms with Crippen molar-refractivity contribution in [2.45, 2.75) is 20.0 Å². The molecule has 1 saturated heterocycles. The zero-order valence-corrected chi connectivity index (χ0v) is 10.4. The van der Waals surface area contributed by atoms with Gasteiger partial charge in [-0.05, 0) is 13.8 Å². The van der Waals surface area contributed by atoms with Crippen LogP contribution >= 0.6 is 11.6 Å². The van der Waals surface area contributed by atoms with Crippen LogP contribution in [-0.2, 0) is 4.74 Å². The van der Waals surface area contributed by atoms with Gasteiger partial charge in [0, 0.05) is 19.3 Å². The van der Waals surface area contributed by atoms with Gasteiger partial charge in [0.2, 0.25) is 0 Å². The lowest BCUT2D eigenvalue weighted by Crippen LogP contribution is -2.44. The van der Waals surface area contributed by atoms with Gasteiger partial charge in [-0.2, -0.15) is 0 Å². The highest BCUT2D eigenvalue weighted by Crippen LogP contribution is 2.18. The van der Waals surface area contributed by atoms with E-state index in [2.05, 4.69) is 14.9 Å². The Morgan fingerprint density at radius 1 is 1.56 bits per heavy atom. The summed E-state index contributed by atoms with van der Waals surface area (Å²) >= 11 is 5.82. The van der Waals surface area contributed by atoms with Gasteiger partial charge in [0.25, 0.3) is 0 Å². The quantitative estimate of drug-likeness (QED) is 0.737. The van der Waals surface area contributed by atoms with Crippen molar-refractivity contribution in [3.8, 4) is 0 Å². The maximum Gasteiger partial charge on any atom is 0.150 e. The van der Waals surface area contributed by atoms with Crippen LogP contribution in [0.2, 0.25) is 0 Å². The molecule has 1 atom stereocenters. The Labute approximate surface area is 101 Å². The Hall–Kier alpha value is -0.870. The average Bonchev–Trinajstić information content (AvgIpc) is 2.32. The van der Waals surface area contributed by atoms with Crippen LogP contribution in [0.5, 0.6) is 0 Å². The molecular formula is C11H16ClN3O. The number of rotatable bonds is 2. The van der Waals surface area contributed by atoms with Crippen LogP contribution in [0.4, 0.5) is 5.82 Å². The number of alkyl halides is 1. The van der Waals surface area contributed by atoms with Gasteiger partial charge in [0.05, 0.1) is 30.0 Å². The van der Waals surface area contributed by atoms with Gasteiger partial charge in [-0.15, -0.1) is 11.6 Å². The lowest BCUT2D eigenvalue weighted by atomic mass is 10.2. The number of aryl methyl sites for hydroxylation is 2. The van der Waals surface area contributed by atoms with Crippen LogP contribution in [0.1, 0.15) is 11.4 Å². The first-order valence-corrected chi connectivity index (χ1v) is 5.97. The summed E-state index contributed by atoms with van der Waals surface area (Å²) in [7, 11) is 0. The van der Waals surface area contributed by atoms with E-state index in [9.17, 15) is 0 Å². The number of aromatic nitrogens is 2. The third kappa shape index (κ3) is 2.44. The molecule has 88 valence electrons. The molecular weight excluding hydrogens is 226 g/mol. The normalized spacial score (nSPS) is 21.2. The molecule has 0 aromatic carbocycles. The molecule has 1 aliphatic heterocycles. The van der Waals surface area contributed by atoms with Crippen molar-refractivity contribution in [3.05, 3.63) is 17.6 Å². The second-order valence-corrected chi connectivity index (χ2v) is 4.32. The van der Waals surface area contributed by atoms with Gasteiger partial charge < -0.3 is 9.64 Å². The van der Waals surface area contributed by atoms with E-state index in [-0.39, 0.29) is 6.10 Å². The van der Waals surface area contributed by atoms with E-state index in [0.29, 0.717) is 12.5 Å². The minimum absolute atomic E-state index is 0.0946. The zero-order chi connectivity index (χ0) is 11.5. The monoisotopic (exact) mass is 241 g/mol. The molecule has 0 radical (unpaired) electrons. The molecule has 1 aromatic rings.